The van der Waals surface area contributed by atoms with Crippen LogP contribution >= 0.6 is 12.4 Å². The Morgan fingerprint density at radius 1 is 1.05 bits per heavy atom. The predicted octanol–water partition coefficient (Wildman–Crippen LogP) is 3.41. The van der Waals surface area contributed by atoms with Crippen molar-refractivity contribution in [2.24, 2.45) is 0 Å². The van der Waals surface area contributed by atoms with Gasteiger partial charge in [0.05, 0.1) is 12.8 Å². The van der Waals surface area contributed by atoms with Crippen LogP contribution in [0, 0.1) is 0 Å². The van der Waals surface area contributed by atoms with E-state index in [1.54, 1.807) is 7.11 Å². The molecule has 1 heterocycles. The molecule has 1 aromatic heterocycles. The Balaban J connectivity index is 0.00000144. The van der Waals surface area contributed by atoms with Gasteiger partial charge < -0.3 is 10.5 Å². The van der Waals surface area contributed by atoms with Crippen LogP contribution in [0.1, 0.15) is 11.1 Å². The standard InChI is InChI=1S/C17H15N3O.ClH/c1-21-15-9-14(19-17(18)20-15)12-8-7-11-6-5-10-3-2-4-13(12)16(10)11;/h2-4,7-9H,5-6H2,1H3,(H2,18,19,20);1H. The fourth-order valence-corrected chi connectivity index (χ4v) is 3.16. The minimum atomic E-state index is 0. The van der Waals surface area contributed by atoms with Crippen molar-refractivity contribution in [3.8, 4) is 17.1 Å². The van der Waals surface area contributed by atoms with Crippen LogP contribution in [0.5, 0.6) is 5.88 Å². The minimum absolute atomic E-state index is 0. The smallest absolute Gasteiger partial charge is 0.223 e. The van der Waals surface area contributed by atoms with Gasteiger partial charge in [-0.1, -0.05) is 30.3 Å². The van der Waals surface area contributed by atoms with Gasteiger partial charge in [-0.05, 0) is 34.7 Å². The van der Waals surface area contributed by atoms with E-state index in [-0.39, 0.29) is 18.4 Å². The van der Waals surface area contributed by atoms with E-state index >= 15 is 0 Å². The van der Waals surface area contributed by atoms with Gasteiger partial charge in [-0.3, -0.25) is 0 Å². The van der Waals surface area contributed by atoms with Crippen molar-refractivity contribution < 1.29 is 4.74 Å². The van der Waals surface area contributed by atoms with Crippen molar-refractivity contribution in [1.82, 2.24) is 9.97 Å². The van der Waals surface area contributed by atoms with E-state index in [4.69, 9.17) is 10.5 Å². The Morgan fingerprint density at radius 2 is 1.82 bits per heavy atom. The number of aromatic nitrogens is 2. The van der Waals surface area contributed by atoms with E-state index in [1.165, 1.54) is 21.9 Å². The highest BCUT2D eigenvalue weighted by atomic mass is 35.5. The van der Waals surface area contributed by atoms with Gasteiger partial charge in [0.2, 0.25) is 11.8 Å². The Morgan fingerprint density at radius 3 is 2.59 bits per heavy atom. The predicted molar refractivity (Wildman–Crippen MR) is 90.6 cm³/mol. The van der Waals surface area contributed by atoms with Gasteiger partial charge in [0.25, 0.3) is 0 Å². The van der Waals surface area contributed by atoms with Gasteiger partial charge in [0, 0.05) is 11.6 Å². The number of nitrogens with zero attached hydrogens (tertiary/aromatic N) is 2. The molecule has 2 N–H and O–H groups in total. The number of aryl methyl sites for hydroxylation is 2. The summed E-state index contributed by atoms with van der Waals surface area (Å²) in [5.41, 5.74) is 10.5. The first kappa shape index (κ1) is 14.6. The summed E-state index contributed by atoms with van der Waals surface area (Å²) < 4.78 is 5.20. The Labute approximate surface area is 134 Å². The summed E-state index contributed by atoms with van der Waals surface area (Å²) in [6, 6.07) is 12.6. The number of nitrogen functional groups attached to an aromatic ring is 1. The first-order valence-electron chi connectivity index (χ1n) is 6.98. The molecule has 0 aliphatic heterocycles. The molecule has 0 radical (unpaired) electrons. The average Bonchev–Trinajstić information content (AvgIpc) is 2.92. The summed E-state index contributed by atoms with van der Waals surface area (Å²) in [5.74, 6) is 0.716. The molecular weight excluding hydrogens is 298 g/mol. The highest BCUT2D eigenvalue weighted by molar-refractivity contribution is 6.00. The third kappa shape index (κ3) is 2.16. The highest BCUT2D eigenvalue weighted by Crippen LogP contribution is 2.37. The molecule has 0 atom stereocenters. The molecule has 1 aliphatic carbocycles. The number of halogens is 1. The quantitative estimate of drug-likeness (QED) is 0.787. The lowest BCUT2D eigenvalue weighted by atomic mass is 9.98. The molecular formula is C17H16ClN3O. The molecule has 0 spiro atoms. The maximum absolute atomic E-state index is 5.79. The molecule has 0 fully saturated rings. The van der Waals surface area contributed by atoms with E-state index < -0.39 is 0 Å². The van der Waals surface area contributed by atoms with Gasteiger partial charge in [-0.15, -0.1) is 12.4 Å². The lowest BCUT2D eigenvalue weighted by Crippen LogP contribution is -1.99. The molecule has 0 saturated carbocycles. The van der Waals surface area contributed by atoms with Crippen LogP contribution in [-0.4, -0.2) is 17.1 Å². The second-order valence-corrected chi connectivity index (χ2v) is 5.27. The lowest BCUT2D eigenvalue weighted by molar-refractivity contribution is 0.398. The average molecular weight is 314 g/mol. The number of rotatable bonds is 2. The molecule has 1 aliphatic rings. The first-order chi connectivity index (χ1) is 10.3. The Hall–Kier alpha value is -2.33. The van der Waals surface area contributed by atoms with Gasteiger partial charge >= 0.3 is 0 Å². The number of nitrogens with two attached hydrogens (primary N) is 1. The summed E-state index contributed by atoms with van der Waals surface area (Å²) in [6.45, 7) is 0. The fraction of sp³-hybridized carbons (Fsp3) is 0.176. The normalized spacial score (nSPS) is 12.2. The number of hydrogen-bond donors (Lipinski definition) is 1. The molecule has 0 saturated heterocycles. The monoisotopic (exact) mass is 313 g/mol. The molecule has 4 nitrogen and oxygen atoms in total. The third-order valence-corrected chi connectivity index (χ3v) is 4.08. The molecule has 0 unspecified atom stereocenters. The number of ether oxygens (including phenoxy) is 1. The highest BCUT2D eigenvalue weighted by Gasteiger charge is 2.17. The van der Waals surface area contributed by atoms with Crippen molar-refractivity contribution >= 4 is 29.1 Å². The van der Waals surface area contributed by atoms with E-state index in [0.717, 1.165) is 24.1 Å². The molecule has 22 heavy (non-hydrogen) atoms. The van der Waals surface area contributed by atoms with Gasteiger partial charge in [0.1, 0.15) is 0 Å². The van der Waals surface area contributed by atoms with Gasteiger partial charge in [-0.25, -0.2) is 4.98 Å². The van der Waals surface area contributed by atoms with E-state index in [0.29, 0.717) is 5.88 Å². The summed E-state index contributed by atoms with van der Waals surface area (Å²) >= 11 is 0. The number of benzene rings is 2. The zero-order valence-electron chi connectivity index (χ0n) is 12.2. The van der Waals surface area contributed by atoms with Crippen molar-refractivity contribution in [1.29, 1.82) is 0 Å². The SMILES string of the molecule is COc1cc(-c2ccc3c4c(cccc24)CC3)nc(N)n1.Cl. The summed E-state index contributed by atoms with van der Waals surface area (Å²) in [7, 11) is 1.58. The van der Waals surface area contributed by atoms with Crippen LogP contribution in [-0.2, 0) is 12.8 Å². The van der Waals surface area contributed by atoms with Gasteiger partial charge in [0.15, 0.2) is 0 Å². The van der Waals surface area contributed by atoms with Crippen molar-refractivity contribution in [2.75, 3.05) is 12.8 Å². The number of hydrogen-bond acceptors (Lipinski definition) is 4. The maximum atomic E-state index is 5.79. The molecule has 0 amide bonds. The molecule has 3 aromatic rings. The second-order valence-electron chi connectivity index (χ2n) is 5.27. The molecule has 112 valence electrons. The van der Waals surface area contributed by atoms with Crippen LogP contribution in [0.4, 0.5) is 5.95 Å². The molecule has 2 aromatic carbocycles. The van der Waals surface area contributed by atoms with Crippen LogP contribution < -0.4 is 10.5 Å². The maximum Gasteiger partial charge on any atom is 0.223 e. The van der Waals surface area contributed by atoms with E-state index in [1.807, 2.05) is 6.07 Å². The summed E-state index contributed by atoms with van der Waals surface area (Å²) in [5, 5.41) is 2.59. The van der Waals surface area contributed by atoms with Crippen LogP contribution in [0.15, 0.2) is 36.4 Å². The molecule has 5 heteroatoms. The zero-order chi connectivity index (χ0) is 14.4. The van der Waals surface area contributed by atoms with Gasteiger partial charge in [-0.2, -0.15) is 4.98 Å². The lowest BCUT2D eigenvalue weighted by Gasteiger charge is -2.10. The van der Waals surface area contributed by atoms with Crippen LogP contribution in [0.2, 0.25) is 0 Å². The van der Waals surface area contributed by atoms with Crippen molar-refractivity contribution in [2.45, 2.75) is 12.8 Å². The minimum Gasteiger partial charge on any atom is -0.481 e. The largest absolute Gasteiger partial charge is 0.481 e. The van der Waals surface area contributed by atoms with Crippen molar-refractivity contribution in [3.63, 3.8) is 0 Å². The van der Waals surface area contributed by atoms with Crippen LogP contribution in [0.25, 0.3) is 22.0 Å². The Bertz CT molecular complexity index is 854. The number of methoxy groups -OCH3 is 1. The fourth-order valence-electron chi connectivity index (χ4n) is 3.16. The van der Waals surface area contributed by atoms with E-state index in [2.05, 4.69) is 40.3 Å². The number of anilines is 1. The summed E-state index contributed by atoms with van der Waals surface area (Å²) in [4.78, 5) is 8.42. The first-order valence-corrected chi connectivity index (χ1v) is 6.98. The second kappa shape index (κ2) is 5.46. The zero-order valence-corrected chi connectivity index (χ0v) is 13.0. The topological polar surface area (TPSA) is 61.0 Å². The van der Waals surface area contributed by atoms with E-state index in [9.17, 15) is 0 Å². The van der Waals surface area contributed by atoms with Crippen LogP contribution in [0.3, 0.4) is 0 Å². The third-order valence-electron chi connectivity index (χ3n) is 4.08. The molecule has 4 rings (SSSR count). The Kier molecular flexibility index (Phi) is 3.62. The molecule has 0 bridgehead atoms. The summed E-state index contributed by atoms with van der Waals surface area (Å²) in [6.07, 6.45) is 2.23. The van der Waals surface area contributed by atoms with Crippen molar-refractivity contribution in [3.05, 3.63) is 47.5 Å².